The van der Waals surface area contributed by atoms with E-state index in [0.717, 1.165) is 25.7 Å². The minimum atomic E-state index is -0.455. The van der Waals surface area contributed by atoms with Crippen molar-refractivity contribution in [1.29, 1.82) is 0 Å². The Morgan fingerprint density at radius 3 is 2.61 bits per heavy atom. The first kappa shape index (κ1) is 13.4. The Morgan fingerprint density at radius 2 is 2.06 bits per heavy atom. The molecule has 1 atom stereocenters. The average Bonchev–Trinajstić information content (AvgIpc) is 2.12. The molecular weight excluding hydrogens is 230 g/mol. The summed E-state index contributed by atoms with van der Waals surface area (Å²) in [7, 11) is 0. The highest BCUT2D eigenvalue weighted by Gasteiger charge is 2.46. The third kappa shape index (κ3) is 3.24. The van der Waals surface area contributed by atoms with Crippen LogP contribution in [0.2, 0.25) is 0 Å². The molecule has 2 rings (SSSR count). The molecular formula is C14H23NO3. The topological polar surface area (TPSA) is 55.4 Å². The third-order valence-corrected chi connectivity index (χ3v) is 3.80. The number of hydrogen-bond acceptors (Lipinski definition) is 3. The third-order valence-electron chi connectivity index (χ3n) is 3.80. The predicted molar refractivity (Wildman–Crippen MR) is 68.3 cm³/mol. The molecule has 0 aromatic carbocycles. The Kier molecular flexibility index (Phi) is 3.39. The van der Waals surface area contributed by atoms with E-state index in [2.05, 4.69) is 5.32 Å². The van der Waals surface area contributed by atoms with E-state index in [0.29, 0.717) is 18.6 Å². The maximum atomic E-state index is 11.7. The van der Waals surface area contributed by atoms with E-state index in [9.17, 15) is 9.59 Å². The Hall–Kier alpha value is -1.06. The van der Waals surface area contributed by atoms with Gasteiger partial charge in [0, 0.05) is 18.9 Å². The number of hydrogen-bond donors (Lipinski definition) is 1. The molecule has 1 N–H and O–H groups in total. The highest BCUT2D eigenvalue weighted by molar-refractivity contribution is 5.86. The molecule has 1 amide bonds. The van der Waals surface area contributed by atoms with Crippen LogP contribution in [0.1, 0.15) is 59.3 Å². The van der Waals surface area contributed by atoms with Gasteiger partial charge in [0.15, 0.2) is 0 Å². The van der Waals surface area contributed by atoms with Crippen LogP contribution in [0, 0.1) is 5.41 Å². The molecule has 2 fully saturated rings. The number of amides is 1. The summed E-state index contributed by atoms with van der Waals surface area (Å²) in [4.78, 5) is 22.9. The summed E-state index contributed by atoms with van der Waals surface area (Å²) >= 11 is 0. The van der Waals surface area contributed by atoms with Gasteiger partial charge < -0.3 is 10.1 Å². The van der Waals surface area contributed by atoms with Crippen LogP contribution in [-0.2, 0) is 9.53 Å². The van der Waals surface area contributed by atoms with Crippen molar-refractivity contribution < 1.29 is 14.3 Å². The van der Waals surface area contributed by atoms with Crippen LogP contribution in [0.4, 0.5) is 4.79 Å². The summed E-state index contributed by atoms with van der Waals surface area (Å²) in [6, 6.07) is 0.168. The zero-order chi connectivity index (χ0) is 13.4. The molecule has 0 radical (unpaired) electrons. The van der Waals surface area contributed by atoms with Crippen LogP contribution in [0.5, 0.6) is 0 Å². The SMILES string of the molecule is CC(C)(C)OC(=O)NC1CCCC2(CC(=O)C2)C1. The van der Waals surface area contributed by atoms with Gasteiger partial charge in [-0.25, -0.2) is 4.79 Å². The summed E-state index contributed by atoms with van der Waals surface area (Å²) in [6.07, 6.45) is 5.22. The molecule has 0 bridgehead atoms. The fraction of sp³-hybridized carbons (Fsp3) is 0.857. The molecule has 0 aromatic heterocycles. The second-order valence-electron chi connectivity index (χ2n) is 6.83. The van der Waals surface area contributed by atoms with Gasteiger partial charge in [-0.05, 0) is 45.4 Å². The maximum absolute atomic E-state index is 11.7. The van der Waals surface area contributed by atoms with Gasteiger partial charge in [0.25, 0.3) is 0 Å². The molecule has 0 saturated heterocycles. The summed E-state index contributed by atoms with van der Waals surface area (Å²) < 4.78 is 5.26. The largest absolute Gasteiger partial charge is 0.444 e. The predicted octanol–water partition coefficient (Wildman–Crippen LogP) is 2.80. The van der Waals surface area contributed by atoms with Crippen molar-refractivity contribution in [1.82, 2.24) is 5.32 Å². The van der Waals surface area contributed by atoms with Crippen LogP contribution in [0.3, 0.4) is 0 Å². The maximum Gasteiger partial charge on any atom is 0.407 e. The van der Waals surface area contributed by atoms with Crippen LogP contribution in [-0.4, -0.2) is 23.5 Å². The normalized spacial score (nSPS) is 26.6. The summed E-state index contributed by atoms with van der Waals surface area (Å²) in [5.74, 6) is 0.368. The fourth-order valence-corrected chi connectivity index (χ4v) is 3.15. The van der Waals surface area contributed by atoms with E-state index in [1.165, 1.54) is 0 Å². The van der Waals surface area contributed by atoms with Crippen LogP contribution >= 0.6 is 0 Å². The molecule has 0 aromatic rings. The van der Waals surface area contributed by atoms with E-state index in [4.69, 9.17) is 4.74 Å². The van der Waals surface area contributed by atoms with Crippen molar-refractivity contribution in [2.75, 3.05) is 0 Å². The van der Waals surface area contributed by atoms with Gasteiger partial charge in [-0.2, -0.15) is 0 Å². The summed E-state index contributed by atoms with van der Waals surface area (Å²) in [5.41, 5.74) is -0.266. The standard InChI is InChI=1S/C14H23NO3/c1-13(2,3)18-12(17)15-10-5-4-6-14(7-10)8-11(16)9-14/h10H,4-9H2,1-3H3,(H,15,17). The first-order chi connectivity index (χ1) is 8.28. The Bertz CT molecular complexity index is 349. The Balaban J connectivity index is 1.83. The molecule has 1 unspecified atom stereocenters. The number of carbonyl (C=O) groups is 2. The smallest absolute Gasteiger partial charge is 0.407 e. The number of Topliss-reactive ketones (excluding diaryl/α,β-unsaturated/α-hetero) is 1. The lowest BCUT2D eigenvalue weighted by atomic mass is 9.59. The Morgan fingerprint density at radius 1 is 1.39 bits per heavy atom. The molecule has 2 aliphatic carbocycles. The van der Waals surface area contributed by atoms with E-state index in [1.54, 1.807) is 0 Å². The molecule has 4 nitrogen and oxygen atoms in total. The number of ketones is 1. The number of nitrogens with one attached hydrogen (secondary N) is 1. The lowest BCUT2D eigenvalue weighted by Crippen LogP contribution is -2.48. The van der Waals surface area contributed by atoms with E-state index in [1.807, 2.05) is 20.8 Å². The van der Waals surface area contributed by atoms with Gasteiger partial charge >= 0.3 is 6.09 Å². The van der Waals surface area contributed by atoms with E-state index >= 15 is 0 Å². The van der Waals surface area contributed by atoms with Gasteiger partial charge in [0.1, 0.15) is 11.4 Å². The molecule has 2 saturated carbocycles. The van der Waals surface area contributed by atoms with Gasteiger partial charge in [-0.15, -0.1) is 0 Å². The molecule has 1 spiro atoms. The lowest BCUT2D eigenvalue weighted by molar-refractivity contribution is -0.135. The molecule has 0 heterocycles. The minimum Gasteiger partial charge on any atom is -0.444 e. The van der Waals surface area contributed by atoms with E-state index < -0.39 is 5.60 Å². The van der Waals surface area contributed by atoms with Crippen molar-refractivity contribution >= 4 is 11.9 Å². The number of rotatable bonds is 1. The fourth-order valence-electron chi connectivity index (χ4n) is 3.15. The molecule has 18 heavy (non-hydrogen) atoms. The first-order valence-electron chi connectivity index (χ1n) is 6.79. The number of ether oxygens (including phenoxy) is 1. The van der Waals surface area contributed by atoms with Crippen molar-refractivity contribution in [3.63, 3.8) is 0 Å². The van der Waals surface area contributed by atoms with Gasteiger partial charge in [-0.3, -0.25) is 4.79 Å². The van der Waals surface area contributed by atoms with Gasteiger partial charge in [-0.1, -0.05) is 6.42 Å². The number of alkyl carbamates (subject to hydrolysis) is 1. The van der Waals surface area contributed by atoms with Crippen molar-refractivity contribution in [2.45, 2.75) is 70.9 Å². The van der Waals surface area contributed by atoms with Crippen molar-refractivity contribution in [2.24, 2.45) is 5.41 Å². The second kappa shape index (κ2) is 4.56. The monoisotopic (exact) mass is 253 g/mol. The molecule has 0 aliphatic heterocycles. The van der Waals surface area contributed by atoms with Crippen LogP contribution in [0.25, 0.3) is 0 Å². The highest BCUT2D eigenvalue weighted by atomic mass is 16.6. The van der Waals surface area contributed by atoms with Crippen molar-refractivity contribution in [3.05, 3.63) is 0 Å². The van der Waals surface area contributed by atoms with E-state index in [-0.39, 0.29) is 17.6 Å². The number of carbonyl (C=O) groups excluding carboxylic acids is 2. The zero-order valence-electron chi connectivity index (χ0n) is 11.5. The highest BCUT2D eigenvalue weighted by Crippen LogP contribution is 2.49. The summed E-state index contributed by atoms with van der Waals surface area (Å²) in [5, 5.41) is 2.94. The minimum absolute atomic E-state index is 0.168. The quantitative estimate of drug-likeness (QED) is 0.781. The van der Waals surface area contributed by atoms with Crippen LogP contribution in [0.15, 0.2) is 0 Å². The first-order valence-corrected chi connectivity index (χ1v) is 6.79. The second-order valence-corrected chi connectivity index (χ2v) is 6.83. The molecule has 102 valence electrons. The molecule has 2 aliphatic rings. The van der Waals surface area contributed by atoms with Gasteiger partial charge in [0.05, 0.1) is 0 Å². The van der Waals surface area contributed by atoms with Crippen molar-refractivity contribution in [3.8, 4) is 0 Å². The molecule has 4 heteroatoms. The van der Waals surface area contributed by atoms with Gasteiger partial charge in [0.2, 0.25) is 0 Å². The Labute approximate surface area is 108 Å². The average molecular weight is 253 g/mol. The lowest BCUT2D eigenvalue weighted by Gasteiger charge is -2.46. The summed E-state index contributed by atoms with van der Waals surface area (Å²) in [6.45, 7) is 5.58. The zero-order valence-corrected chi connectivity index (χ0v) is 11.5. The van der Waals surface area contributed by atoms with Crippen LogP contribution < -0.4 is 5.32 Å².